The third-order valence-corrected chi connectivity index (χ3v) is 9.03. The fraction of sp³-hybridized carbons (Fsp3) is 0.154. The molecule has 46 heavy (non-hydrogen) atoms. The first-order chi connectivity index (χ1) is 22.7. The molecule has 0 amide bonds. The first-order valence-corrected chi connectivity index (χ1v) is 15.8. The Kier molecular flexibility index (Phi) is 7.25. The zero-order valence-electron chi connectivity index (χ0n) is 25.4. The number of ether oxygens (including phenoxy) is 1. The molecule has 2 aliphatic rings. The van der Waals surface area contributed by atoms with Crippen LogP contribution in [0.5, 0.6) is 5.75 Å². The van der Waals surface area contributed by atoms with Crippen molar-refractivity contribution in [2.24, 2.45) is 0 Å². The zero-order chi connectivity index (χ0) is 30.9. The number of benzene rings is 5. The van der Waals surface area contributed by atoms with Crippen LogP contribution in [0.25, 0.3) is 22.2 Å². The van der Waals surface area contributed by atoms with Crippen molar-refractivity contribution >= 4 is 16.6 Å². The van der Waals surface area contributed by atoms with Gasteiger partial charge in [0.05, 0.1) is 11.2 Å². The van der Waals surface area contributed by atoms with E-state index in [9.17, 15) is 5.11 Å². The molecular formula is C39H35N5O2. The molecule has 0 saturated carbocycles. The van der Waals surface area contributed by atoms with E-state index in [4.69, 9.17) is 9.84 Å². The molecule has 0 radical (unpaired) electrons. The number of aromatic nitrogens is 2. The molecule has 228 valence electrons. The number of phenolic OH excluding ortho intramolecular Hbond substituents is 1. The molecule has 2 N–H and O–H groups in total. The summed E-state index contributed by atoms with van der Waals surface area (Å²) in [6.45, 7) is 0.732. The second-order valence-electron chi connectivity index (χ2n) is 11.8. The Hall–Kier alpha value is -5.37. The van der Waals surface area contributed by atoms with E-state index < -0.39 is 5.54 Å². The number of rotatable bonds is 7. The van der Waals surface area contributed by atoms with Gasteiger partial charge in [-0.2, -0.15) is 5.10 Å². The average molecular weight is 606 g/mol. The van der Waals surface area contributed by atoms with E-state index in [0.717, 1.165) is 70.4 Å². The summed E-state index contributed by atoms with van der Waals surface area (Å²) in [7, 11) is 0. The maximum Gasteiger partial charge on any atom is 0.150 e. The highest BCUT2D eigenvalue weighted by Crippen LogP contribution is 2.43. The Bertz CT molecular complexity index is 1890. The van der Waals surface area contributed by atoms with Crippen molar-refractivity contribution in [1.82, 2.24) is 20.3 Å². The van der Waals surface area contributed by atoms with E-state index >= 15 is 0 Å². The average Bonchev–Trinajstić information content (AvgIpc) is 3.77. The third kappa shape index (κ3) is 4.81. The van der Waals surface area contributed by atoms with Gasteiger partial charge in [-0.05, 0) is 66.3 Å². The van der Waals surface area contributed by atoms with E-state index in [1.54, 1.807) is 12.1 Å². The highest BCUT2D eigenvalue weighted by molar-refractivity contribution is 5.96. The van der Waals surface area contributed by atoms with Gasteiger partial charge in [0.15, 0.2) is 6.23 Å². The Labute approximate surface area is 268 Å². The topological polar surface area (TPSA) is 65.8 Å². The van der Waals surface area contributed by atoms with E-state index in [0.29, 0.717) is 0 Å². The van der Waals surface area contributed by atoms with Gasteiger partial charge in [-0.25, -0.2) is 4.68 Å². The van der Waals surface area contributed by atoms with Gasteiger partial charge in [0.25, 0.3) is 0 Å². The van der Waals surface area contributed by atoms with Crippen molar-refractivity contribution in [3.05, 3.63) is 163 Å². The van der Waals surface area contributed by atoms with Crippen LogP contribution in [0.2, 0.25) is 0 Å². The van der Waals surface area contributed by atoms with Gasteiger partial charge in [-0.15, -0.1) is 5.53 Å². The molecule has 1 aromatic heterocycles. The number of nitrogens with zero attached hydrogens (tertiary/aromatic N) is 4. The number of aromatic hydroxyl groups is 1. The van der Waals surface area contributed by atoms with Crippen molar-refractivity contribution in [1.29, 1.82) is 0 Å². The first-order valence-electron chi connectivity index (χ1n) is 15.8. The van der Waals surface area contributed by atoms with E-state index in [1.165, 1.54) is 0 Å². The van der Waals surface area contributed by atoms with Gasteiger partial charge in [0.1, 0.15) is 17.0 Å². The zero-order valence-corrected chi connectivity index (χ0v) is 25.4. The molecular weight excluding hydrogens is 570 g/mol. The smallest absolute Gasteiger partial charge is 0.150 e. The van der Waals surface area contributed by atoms with Crippen LogP contribution >= 0.6 is 0 Å². The predicted octanol–water partition coefficient (Wildman–Crippen LogP) is 8.11. The lowest BCUT2D eigenvalue weighted by molar-refractivity contribution is -0.0365. The van der Waals surface area contributed by atoms with Gasteiger partial charge in [-0.1, -0.05) is 103 Å². The van der Waals surface area contributed by atoms with E-state index in [-0.39, 0.29) is 12.0 Å². The van der Waals surface area contributed by atoms with Crippen molar-refractivity contribution < 1.29 is 9.84 Å². The van der Waals surface area contributed by atoms with Gasteiger partial charge in [0, 0.05) is 30.0 Å². The molecule has 1 fully saturated rings. The van der Waals surface area contributed by atoms with E-state index in [2.05, 4.69) is 132 Å². The predicted molar refractivity (Wildman–Crippen MR) is 181 cm³/mol. The molecule has 6 aromatic rings. The summed E-state index contributed by atoms with van der Waals surface area (Å²) >= 11 is 0. The minimum Gasteiger partial charge on any atom is -0.508 e. The summed E-state index contributed by atoms with van der Waals surface area (Å²) in [4.78, 5) is 0. The van der Waals surface area contributed by atoms with Gasteiger partial charge >= 0.3 is 0 Å². The normalized spacial score (nSPS) is 16.7. The molecule has 0 bridgehead atoms. The molecule has 1 atom stereocenters. The monoisotopic (exact) mass is 605 g/mol. The lowest BCUT2D eigenvalue weighted by atomic mass is 9.76. The minimum absolute atomic E-state index is 0.114. The second kappa shape index (κ2) is 11.9. The summed E-state index contributed by atoms with van der Waals surface area (Å²) < 4.78 is 8.18. The molecule has 3 heterocycles. The Morgan fingerprint density at radius 2 is 1.39 bits per heavy atom. The summed E-state index contributed by atoms with van der Waals surface area (Å²) in [6.07, 6.45) is 7.15. The summed E-state index contributed by atoms with van der Waals surface area (Å²) in [5.41, 5.74) is 10.1. The van der Waals surface area contributed by atoms with Crippen LogP contribution in [-0.4, -0.2) is 26.5 Å². The number of nitrogens with one attached hydrogen (secondary N) is 1. The van der Waals surface area contributed by atoms with E-state index in [1.807, 2.05) is 21.8 Å². The number of phenols is 1. The summed E-state index contributed by atoms with van der Waals surface area (Å²) in [5.74, 6) is 0.212. The van der Waals surface area contributed by atoms with Crippen LogP contribution in [-0.2, 0) is 10.3 Å². The Morgan fingerprint density at radius 1 is 0.717 bits per heavy atom. The molecule has 0 aliphatic carbocycles. The van der Waals surface area contributed by atoms with Gasteiger partial charge in [-0.3, -0.25) is 10.0 Å². The number of anilines is 1. The Balaban J connectivity index is 1.23. The van der Waals surface area contributed by atoms with Gasteiger partial charge < -0.3 is 9.84 Å². The van der Waals surface area contributed by atoms with Gasteiger partial charge in [0.2, 0.25) is 0 Å². The molecule has 0 spiro atoms. The summed E-state index contributed by atoms with van der Waals surface area (Å²) in [6, 6.07) is 45.6. The highest BCUT2D eigenvalue weighted by Gasteiger charge is 2.43. The van der Waals surface area contributed by atoms with Crippen LogP contribution in [0, 0.1) is 0 Å². The fourth-order valence-electron chi connectivity index (χ4n) is 6.88. The molecule has 7 nitrogen and oxygen atoms in total. The van der Waals surface area contributed by atoms with Crippen LogP contribution in [0.15, 0.2) is 146 Å². The Morgan fingerprint density at radius 3 is 2.00 bits per heavy atom. The molecule has 1 unspecified atom stereocenters. The van der Waals surface area contributed by atoms with Crippen LogP contribution < -0.4 is 10.5 Å². The van der Waals surface area contributed by atoms with Crippen molar-refractivity contribution in [3.63, 3.8) is 0 Å². The maximum absolute atomic E-state index is 10.3. The third-order valence-electron chi connectivity index (χ3n) is 9.03. The quantitative estimate of drug-likeness (QED) is 0.179. The number of fused-ring (bicyclic) bond motifs is 1. The van der Waals surface area contributed by atoms with Crippen molar-refractivity contribution in [2.45, 2.75) is 31.0 Å². The molecule has 1 saturated heterocycles. The number of hydrazine groups is 2. The van der Waals surface area contributed by atoms with Crippen molar-refractivity contribution in [2.75, 3.05) is 11.6 Å². The lowest BCUT2D eigenvalue weighted by Gasteiger charge is -2.43. The van der Waals surface area contributed by atoms with Crippen LogP contribution in [0.1, 0.15) is 42.2 Å². The lowest BCUT2D eigenvalue weighted by Crippen LogP contribution is -2.53. The standard InChI is InChI=1S/C39H35N5O2/c45-34-20-12-13-29(27-34)38-35-28-33(22-23-36(35)44(40-38)37-21-10-11-26-46-37)42-24-25-43(41-42)39(30-14-4-1-5-15-30,31-16-6-2-7-17-31)32-18-8-3-9-19-32/h1-9,12-20,22-25,27-28,37,41,45H,10-11,21,26H2. The molecule has 7 heteroatoms. The fourth-order valence-corrected chi connectivity index (χ4v) is 6.88. The number of hydrogen-bond acceptors (Lipinski definition) is 6. The maximum atomic E-state index is 10.3. The number of hydrogen-bond donors (Lipinski definition) is 2. The van der Waals surface area contributed by atoms with Crippen LogP contribution in [0.3, 0.4) is 0 Å². The molecule has 5 aromatic carbocycles. The molecule has 8 rings (SSSR count). The first kappa shape index (κ1) is 28.1. The highest BCUT2D eigenvalue weighted by atomic mass is 16.5. The largest absolute Gasteiger partial charge is 0.508 e. The summed E-state index contributed by atoms with van der Waals surface area (Å²) in [5, 5.41) is 20.6. The van der Waals surface area contributed by atoms with Crippen LogP contribution in [0.4, 0.5) is 5.69 Å². The second-order valence-corrected chi connectivity index (χ2v) is 11.8. The molecule has 2 aliphatic heterocycles. The minimum atomic E-state index is -0.658. The van der Waals surface area contributed by atoms with Crippen molar-refractivity contribution in [3.8, 4) is 17.0 Å². The SMILES string of the molecule is Oc1cccc(-c2nn(C3CCCCO3)c3ccc(N4C=CN(C(c5ccccc5)(c5ccccc5)c5ccccc5)N4)cc23)c1.